The van der Waals surface area contributed by atoms with Crippen molar-refractivity contribution in [3.8, 4) is 0 Å². The molecule has 1 unspecified atom stereocenters. The van der Waals surface area contributed by atoms with Crippen molar-refractivity contribution in [3.05, 3.63) is 35.4 Å². The first kappa shape index (κ1) is 18.6. The minimum absolute atomic E-state index is 0.0674. The molecule has 4 nitrogen and oxygen atoms in total. The Morgan fingerprint density at radius 1 is 1.33 bits per heavy atom. The molecule has 0 aromatic heterocycles. The predicted molar refractivity (Wildman–Crippen MR) is 84.6 cm³/mol. The summed E-state index contributed by atoms with van der Waals surface area (Å²) in [4.78, 5) is 13.8. The fourth-order valence-corrected chi connectivity index (χ4v) is 2.91. The van der Waals surface area contributed by atoms with Crippen LogP contribution >= 0.6 is 0 Å². The van der Waals surface area contributed by atoms with E-state index < -0.39 is 17.8 Å². The Morgan fingerprint density at radius 2 is 1.96 bits per heavy atom. The number of urea groups is 1. The highest BCUT2D eigenvalue weighted by Gasteiger charge is 2.34. The highest BCUT2D eigenvalue weighted by Crippen LogP contribution is 2.34. The number of amides is 2. The molecule has 1 aliphatic rings. The Morgan fingerprint density at radius 3 is 2.58 bits per heavy atom. The van der Waals surface area contributed by atoms with Crippen molar-refractivity contribution >= 4 is 6.03 Å². The van der Waals surface area contributed by atoms with E-state index in [1.807, 2.05) is 0 Å². The van der Waals surface area contributed by atoms with E-state index in [2.05, 4.69) is 5.32 Å². The lowest BCUT2D eigenvalue weighted by Crippen LogP contribution is -2.42. The van der Waals surface area contributed by atoms with Crippen molar-refractivity contribution in [3.63, 3.8) is 0 Å². The van der Waals surface area contributed by atoms with Gasteiger partial charge in [-0.15, -0.1) is 0 Å². The van der Waals surface area contributed by atoms with Gasteiger partial charge in [-0.3, -0.25) is 0 Å². The third-order valence-electron chi connectivity index (χ3n) is 4.29. The summed E-state index contributed by atoms with van der Waals surface area (Å²) in [6, 6.07) is 4.21. The van der Waals surface area contributed by atoms with Crippen LogP contribution in [0.5, 0.6) is 0 Å². The molecule has 2 amide bonds. The molecular weight excluding hydrogens is 321 g/mol. The molecular formula is C17H23F3N2O2. The monoisotopic (exact) mass is 344 g/mol. The lowest BCUT2D eigenvalue weighted by Gasteiger charge is -2.28. The van der Waals surface area contributed by atoms with Crippen LogP contribution in [-0.4, -0.2) is 37.7 Å². The molecule has 1 aromatic rings. The second-order valence-corrected chi connectivity index (χ2v) is 6.19. The third kappa shape index (κ3) is 4.87. The first-order chi connectivity index (χ1) is 11.3. The molecule has 0 aliphatic carbocycles. The van der Waals surface area contributed by atoms with E-state index in [1.54, 1.807) is 20.0 Å². The van der Waals surface area contributed by atoms with Crippen molar-refractivity contribution in [1.29, 1.82) is 0 Å². The maximum atomic E-state index is 13.1. The summed E-state index contributed by atoms with van der Waals surface area (Å²) in [6.07, 6.45) is -2.66. The van der Waals surface area contributed by atoms with E-state index in [-0.39, 0.29) is 11.6 Å². The van der Waals surface area contributed by atoms with Gasteiger partial charge < -0.3 is 15.0 Å². The van der Waals surface area contributed by atoms with Crippen LogP contribution in [-0.2, 0) is 10.9 Å². The number of hydrogen-bond donors (Lipinski definition) is 1. The van der Waals surface area contributed by atoms with Gasteiger partial charge in [-0.1, -0.05) is 18.2 Å². The Labute approximate surface area is 140 Å². The summed E-state index contributed by atoms with van der Waals surface area (Å²) < 4.78 is 44.5. The van der Waals surface area contributed by atoms with E-state index in [1.165, 1.54) is 17.0 Å². The number of carbonyl (C=O) groups is 1. The first-order valence-electron chi connectivity index (χ1n) is 8.04. The second-order valence-electron chi connectivity index (χ2n) is 6.19. The normalized spacial score (nSPS) is 17.4. The standard InChI is InChI=1S/C17H23F3N2O2/c1-12(14-5-3-4-6-15(14)17(18,19)20)21-16(23)22(2)11-13-7-9-24-10-8-13/h3-6,12-13H,7-11H2,1-2H3,(H,21,23). The van der Waals surface area contributed by atoms with E-state index in [9.17, 15) is 18.0 Å². The molecule has 1 fully saturated rings. The molecule has 2 rings (SSSR count). The van der Waals surface area contributed by atoms with Crippen LogP contribution in [0.15, 0.2) is 24.3 Å². The zero-order valence-electron chi connectivity index (χ0n) is 13.9. The van der Waals surface area contributed by atoms with Crippen molar-refractivity contribution in [2.45, 2.75) is 32.0 Å². The maximum Gasteiger partial charge on any atom is 0.416 e. The van der Waals surface area contributed by atoms with Gasteiger partial charge in [-0.05, 0) is 37.3 Å². The highest BCUT2D eigenvalue weighted by molar-refractivity contribution is 5.74. The average Bonchev–Trinajstić information content (AvgIpc) is 2.55. The molecule has 1 saturated heterocycles. The molecule has 1 heterocycles. The molecule has 0 bridgehead atoms. The SMILES string of the molecule is CC(NC(=O)N(C)CC1CCOCC1)c1ccccc1C(F)(F)F. The summed E-state index contributed by atoms with van der Waals surface area (Å²) in [7, 11) is 1.66. The summed E-state index contributed by atoms with van der Waals surface area (Å²) in [5.41, 5.74) is -0.650. The number of alkyl halides is 3. The minimum Gasteiger partial charge on any atom is -0.381 e. The molecule has 0 saturated carbocycles. The lowest BCUT2D eigenvalue weighted by atomic mass is 10.00. The first-order valence-corrected chi connectivity index (χ1v) is 8.04. The van der Waals surface area contributed by atoms with Gasteiger partial charge in [0.1, 0.15) is 0 Å². The van der Waals surface area contributed by atoms with Gasteiger partial charge in [0.25, 0.3) is 0 Å². The number of carbonyl (C=O) groups excluding carboxylic acids is 1. The van der Waals surface area contributed by atoms with E-state index in [0.29, 0.717) is 25.7 Å². The molecule has 1 atom stereocenters. The van der Waals surface area contributed by atoms with Gasteiger partial charge in [-0.2, -0.15) is 13.2 Å². The van der Waals surface area contributed by atoms with Crippen LogP contribution in [0, 0.1) is 5.92 Å². The van der Waals surface area contributed by atoms with E-state index in [0.717, 1.165) is 18.9 Å². The Bertz CT molecular complexity index is 557. The Hall–Kier alpha value is -1.76. The number of hydrogen-bond acceptors (Lipinski definition) is 2. The zero-order valence-corrected chi connectivity index (χ0v) is 13.9. The van der Waals surface area contributed by atoms with Crippen molar-refractivity contribution in [1.82, 2.24) is 10.2 Å². The lowest BCUT2D eigenvalue weighted by molar-refractivity contribution is -0.138. The average molecular weight is 344 g/mol. The van der Waals surface area contributed by atoms with E-state index >= 15 is 0 Å². The maximum absolute atomic E-state index is 13.1. The molecule has 1 aromatic carbocycles. The summed E-state index contributed by atoms with van der Waals surface area (Å²) in [6.45, 7) is 3.51. The summed E-state index contributed by atoms with van der Waals surface area (Å²) >= 11 is 0. The number of nitrogens with one attached hydrogen (secondary N) is 1. The number of halogens is 3. The molecule has 0 spiro atoms. The topological polar surface area (TPSA) is 41.6 Å². The Kier molecular flexibility index (Phi) is 6.10. The fraction of sp³-hybridized carbons (Fsp3) is 0.588. The van der Waals surface area contributed by atoms with Crippen LogP contribution in [0.3, 0.4) is 0 Å². The zero-order chi connectivity index (χ0) is 17.7. The summed E-state index contributed by atoms with van der Waals surface area (Å²) in [5.74, 6) is 0.368. The van der Waals surface area contributed by atoms with Crippen molar-refractivity contribution in [2.24, 2.45) is 5.92 Å². The van der Waals surface area contributed by atoms with E-state index in [4.69, 9.17) is 4.74 Å². The van der Waals surface area contributed by atoms with Gasteiger partial charge in [0, 0.05) is 26.8 Å². The molecule has 24 heavy (non-hydrogen) atoms. The van der Waals surface area contributed by atoms with Crippen LogP contribution < -0.4 is 5.32 Å². The quantitative estimate of drug-likeness (QED) is 0.902. The number of nitrogens with zero attached hydrogens (tertiary/aromatic N) is 1. The highest BCUT2D eigenvalue weighted by atomic mass is 19.4. The molecule has 134 valence electrons. The molecule has 0 radical (unpaired) electrons. The Balaban J connectivity index is 1.98. The van der Waals surface area contributed by atoms with Crippen LogP contribution in [0.4, 0.5) is 18.0 Å². The van der Waals surface area contributed by atoms with Crippen molar-refractivity contribution in [2.75, 3.05) is 26.8 Å². The van der Waals surface area contributed by atoms with Gasteiger partial charge in [0.05, 0.1) is 11.6 Å². The van der Waals surface area contributed by atoms with Crippen LogP contribution in [0.25, 0.3) is 0 Å². The largest absolute Gasteiger partial charge is 0.416 e. The van der Waals surface area contributed by atoms with Crippen LogP contribution in [0.2, 0.25) is 0 Å². The van der Waals surface area contributed by atoms with Gasteiger partial charge in [0.2, 0.25) is 0 Å². The summed E-state index contributed by atoms with van der Waals surface area (Å²) in [5, 5.41) is 2.65. The van der Waals surface area contributed by atoms with Gasteiger partial charge in [-0.25, -0.2) is 4.79 Å². The molecule has 1 aliphatic heterocycles. The fourth-order valence-electron chi connectivity index (χ4n) is 2.91. The third-order valence-corrected chi connectivity index (χ3v) is 4.29. The van der Waals surface area contributed by atoms with Crippen LogP contribution in [0.1, 0.15) is 36.9 Å². The molecule has 1 N–H and O–H groups in total. The number of benzene rings is 1. The number of ether oxygens (including phenoxy) is 1. The second kappa shape index (κ2) is 7.88. The van der Waals surface area contributed by atoms with Gasteiger partial charge >= 0.3 is 12.2 Å². The number of rotatable bonds is 4. The molecule has 7 heteroatoms. The minimum atomic E-state index is -4.44. The predicted octanol–water partition coefficient (Wildman–Crippen LogP) is 3.83. The smallest absolute Gasteiger partial charge is 0.381 e. The van der Waals surface area contributed by atoms with Gasteiger partial charge in [0.15, 0.2) is 0 Å². The van der Waals surface area contributed by atoms with Crippen molar-refractivity contribution < 1.29 is 22.7 Å².